The summed E-state index contributed by atoms with van der Waals surface area (Å²) >= 11 is 5.83. The minimum absolute atomic E-state index is 0.199. The van der Waals surface area contributed by atoms with Crippen LogP contribution in [-0.2, 0) is 6.54 Å². The van der Waals surface area contributed by atoms with Gasteiger partial charge in [0, 0.05) is 24.7 Å². The fourth-order valence-corrected chi connectivity index (χ4v) is 3.09. The first-order valence-corrected chi connectivity index (χ1v) is 7.40. The molecule has 1 aliphatic heterocycles. The van der Waals surface area contributed by atoms with Gasteiger partial charge >= 0.3 is 0 Å². The third-order valence-corrected chi connectivity index (χ3v) is 4.49. The summed E-state index contributed by atoms with van der Waals surface area (Å²) in [5.74, 6) is 0.464. The average Bonchev–Trinajstić information content (AvgIpc) is 2.44. The normalized spacial score (nSPS) is 24.6. The summed E-state index contributed by atoms with van der Waals surface area (Å²) in [6.45, 7) is 4.46. The Kier molecular flexibility index (Phi) is 5.20. The van der Waals surface area contributed by atoms with E-state index in [1.807, 2.05) is 0 Å². The maximum absolute atomic E-state index is 13.9. The first kappa shape index (κ1) is 14.8. The van der Waals surface area contributed by atoms with Gasteiger partial charge in [0.1, 0.15) is 5.82 Å². The summed E-state index contributed by atoms with van der Waals surface area (Å²) in [7, 11) is 0. The number of hydrogen-bond donors (Lipinski definition) is 1. The van der Waals surface area contributed by atoms with Gasteiger partial charge in [0.25, 0.3) is 0 Å². The van der Waals surface area contributed by atoms with Crippen LogP contribution in [0.1, 0.15) is 31.7 Å². The van der Waals surface area contributed by atoms with Gasteiger partial charge in [-0.3, -0.25) is 4.90 Å². The average molecular weight is 285 g/mol. The third-order valence-electron chi connectivity index (χ3n) is 4.20. The molecule has 106 valence electrons. The molecule has 0 amide bonds. The number of piperidine rings is 1. The first-order valence-electron chi connectivity index (χ1n) is 7.02. The van der Waals surface area contributed by atoms with Gasteiger partial charge in [-0.2, -0.15) is 0 Å². The zero-order chi connectivity index (χ0) is 13.8. The quantitative estimate of drug-likeness (QED) is 0.918. The van der Waals surface area contributed by atoms with E-state index >= 15 is 0 Å². The smallest absolute Gasteiger partial charge is 0.146 e. The highest BCUT2D eigenvalue weighted by atomic mass is 35.5. The van der Waals surface area contributed by atoms with Crippen molar-refractivity contribution in [2.75, 3.05) is 13.1 Å². The maximum atomic E-state index is 13.9. The predicted octanol–water partition coefficient (Wildman–Crippen LogP) is 3.43. The number of nitrogens with two attached hydrogens (primary N) is 1. The Labute approximate surface area is 119 Å². The largest absolute Gasteiger partial charge is 0.329 e. The van der Waals surface area contributed by atoms with E-state index in [9.17, 15) is 4.39 Å². The molecule has 2 atom stereocenters. The summed E-state index contributed by atoms with van der Waals surface area (Å²) < 4.78 is 13.9. The van der Waals surface area contributed by atoms with Crippen molar-refractivity contribution < 1.29 is 4.39 Å². The van der Waals surface area contributed by atoms with Crippen LogP contribution >= 0.6 is 11.6 Å². The van der Waals surface area contributed by atoms with Crippen molar-refractivity contribution in [3.8, 4) is 0 Å². The highest BCUT2D eigenvalue weighted by molar-refractivity contribution is 6.30. The van der Waals surface area contributed by atoms with Gasteiger partial charge in [-0.15, -0.1) is 0 Å². The number of halogens is 2. The molecule has 1 saturated heterocycles. The molecule has 1 aliphatic rings. The van der Waals surface area contributed by atoms with Crippen molar-refractivity contribution in [2.45, 2.75) is 38.8 Å². The molecule has 4 heteroatoms. The number of likely N-dealkylation sites (tertiary alicyclic amines) is 1. The summed E-state index contributed by atoms with van der Waals surface area (Å²) in [6.07, 6.45) is 3.50. The molecule has 1 aromatic rings. The lowest BCUT2D eigenvalue weighted by Crippen LogP contribution is -2.46. The summed E-state index contributed by atoms with van der Waals surface area (Å²) in [6, 6.07) is 5.55. The summed E-state index contributed by atoms with van der Waals surface area (Å²) in [4.78, 5) is 2.29. The molecule has 19 heavy (non-hydrogen) atoms. The zero-order valence-electron chi connectivity index (χ0n) is 11.4. The second kappa shape index (κ2) is 6.69. The number of rotatable bonds is 4. The van der Waals surface area contributed by atoms with E-state index in [0.29, 0.717) is 24.7 Å². The van der Waals surface area contributed by atoms with Crippen molar-refractivity contribution >= 4 is 11.6 Å². The van der Waals surface area contributed by atoms with Gasteiger partial charge in [-0.1, -0.05) is 37.1 Å². The fourth-order valence-electron chi connectivity index (χ4n) is 2.90. The van der Waals surface area contributed by atoms with Gasteiger partial charge in [-0.25, -0.2) is 4.39 Å². The van der Waals surface area contributed by atoms with E-state index in [1.165, 1.54) is 12.8 Å². The monoisotopic (exact) mass is 284 g/mol. The molecule has 0 radical (unpaired) electrons. The molecule has 0 spiro atoms. The van der Waals surface area contributed by atoms with Crippen molar-refractivity contribution in [1.29, 1.82) is 0 Å². The van der Waals surface area contributed by atoms with Crippen LogP contribution in [0.4, 0.5) is 4.39 Å². The Morgan fingerprint density at radius 1 is 1.47 bits per heavy atom. The van der Waals surface area contributed by atoms with Crippen molar-refractivity contribution in [2.24, 2.45) is 11.7 Å². The van der Waals surface area contributed by atoms with Crippen molar-refractivity contribution in [1.82, 2.24) is 4.90 Å². The third kappa shape index (κ3) is 3.47. The summed E-state index contributed by atoms with van der Waals surface area (Å²) in [5, 5.41) is 0.199. The lowest BCUT2D eigenvalue weighted by Gasteiger charge is -2.39. The highest BCUT2D eigenvalue weighted by Crippen LogP contribution is 2.27. The van der Waals surface area contributed by atoms with E-state index in [1.54, 1.807) is 18.2 Å². The highest BCUT2D eigenvalue weighted by Gasteiger charge is 2.27. The SMILES string of the molecule is CCC1CCN(Cc2cccc(Cl)c2F)C(CN)C1. The van der Waals surface area contributed by atoms with E-state index in [2.05, 4.69) is 11.8 Å². The van der Waals surface area contributed by atoms with E-state index in [4.69, 9.17) is 17.3 Å². The molecule has 0 aromatic heterocycles. The molecule has 0 aliphatic carbocycles. The predicted molar refractivity (Wildman–Crippen MR) is 77.7 cm³/mol. The van der Waals surface area contributed by atoms with E-state index in [0.717, 1.165) is 18.9 Å². The molecule has 2 nitrogen and oxygen atoms in total. The Bertz CT molecular complexity index is 425. The number of nitrogens with zero attached hydrogens (tertiary/aromatic N) is 1. The molecule has 1 heterocycles. The van der Waals surface area contributed by atoms with Crippen LogP contribution in [0.3, 0.4) is 0 Å². The van der Waals surface area contributed by atoms with Gasteiger partial charge in [-0.05, 0) is 31.4 Å². The minimum Gasteiger partial charge on any atom is -0.329 e. The van der Waals surface area contributed by atoms with Crippen molar-refractivity contribution in [3.63, 3.8) is 0 Å². The number of hydrogen-bond acceptors (Lipinski definition) is 2. The topological polar surface area (TPSA) is 29.3 Å². The van der Waals surface area contributed by atoms with Gasteiger partial charge in [0.05, 0.1) is 5.02 Å². The van der Waals surface area contributed by atoms with Gasteiger partial charge < -0.3 is 5.73 Å². The molecule has 1 aromatic carbocycles. The van der Waals surface area contributed by atoms with Crippen LogP contribution in [0, 0.1) is 11.7 Å². The van der Waals surface area contributed by atoms with Crippen LogP contribution < -0.4 is 5.73 Å². The molecule has 2 rings (SSSR count). The summed E-state index contributed by atoms with van der Waals surface area (Å²) in [5.41, 5.74) is 6.54. The Morgan fingerprint density at radius 3 is 2.95 bits per heavy atom. The minimum atomic E-state index is -0.294. The standard InChI is InChI=1S/C15H22ClFN2/c1-2-11-6-7-19(13(8-11)9-18)10-12-4-3-5-14(16)15(12)17/h3-5,11,13H,2,6-10,18H2,1H3. The van der Waals surface area contributed by atoms with E-state index in [-0.39, 0.29) is 10.8 Å². The van der Waals surface area contributed by atoms with E-state index < -0.39 is 0 Å². The molecule has 1 fully saturated rings. The number of benzene rings is 1. The van der Waals surface area contributed by atoms with Gasteiger partial charge in [0.2, 0.25) is 0 Å². The second-order valence-corrected chi connectivity index (χ2v) is 5.78. The molecule has 0 saturated carbocycles. The lowest BCUT2D eigenvalue weighted by molar-refractivity contribution is 0.106. The Balaban J connectivity index is 2.07. The van der Waals surface area contributed by atoms with Crippen LogP contribution in [0.25, 0.3) is 0 Å². The molecular formula is C15H22ClFN2. The second-order valence-electron chi connectivity index (χ2n) is 5.37. The van der Waals surface area contributed by atoms with Crippen LogP contribution in [0.2, 0.25) is 5.02 Å². The van der Waals surface area contributed by atoms with Crippen LogP contribution in [0.15, 0.2) is 18.2 Å². The molecular weight excluding hydrogens is 263 g/mol. The molecule has 0 bridgehead atoms. The van der Waals surface area contributed by atoms with Crippen LogP contribution in [0.5, 0.6) is 0 Å². The molecule has 2 N–H and O–H groups in total. The Morgan fingerprint density at radius 2 is 2.26 bits per heavy atom. The Hall–Kier alpha value is -0.640. The maximum Gasteiger partial charge on any atom is 0.146 e. The lowest BCUT2D eigenvalue weighted by atomic mass is 9.88. The van der Waals surface area contributed by atoms with Crippen molar-refractivity contribution in [3.05, 3.63) is 34.6 Å². The van der Waals surface area contributed by atoms with Gasteiger partial charge in [0.15, 0.2) is 0 Å². The first-order chi connectivity index (χ1) is 9.15. The fraction of sp³-hybridized carbons (Fsp3) is 0.600. The zero-order valence-corrected chi connectivity index (χ0v) is 12.2. The molecule has 2 unspecified atom stereocenters. The van der Waals surface area contributed by atoms with Crippen LogP contribution in [-0.4, -0.2) is 24.0 Å².